The molecule has 2 atom stereocenters. The Morgan fingerprint density at radius 1 is 1.00 bits per heavy atom. The van der Waals surface area contributed by atoms with Gasteiger partial charge in [-0.1, -0.05) is 39.0 Å². The van der Waals surface area contributed by atoms with Crippen LogP contribution in [0, 0.1) is 5.92 Å². The molecule has 1 fully saturated rings. The number of hydrogen-bond acceptors (Lipinski definition) is 1. The van der Waals surface area contributed by atoms with E-state index in [1.807, 2.05) is 0 Å². The average Bonchev–Trinajstić information content (AvgIpc) is 2.31. The summed E-state index contributed by atoms with van der Waals surface area (Å²) in [7, 11) is 0. The summed E-state index contributed by atoms with van der Waals surface area (Å²) in [6.45, 7) is 2.38. The second kappa shape index (κ2) is 7.08. The summed E-state index contributed by atoms with van der Waals surface area (Å²) in [5.74, 6) is 2.12. The quantitative estimate of drug-likeness (QED) is 0.561. The molecule has 0 aromatic carbocycles. The SMILES string of the molecule is CC1CC2=CCCCCCCCCCC(C1)O2. The molecule has 17 heavy (non-hydrogen) atoms. The molecule has 98 valence electrons. The van der Waals surface area contributed by atoms with E-state index in [0.29, 0.717) is 6.10 Å². The first-order valence-electron chi connectivity index (χ1n) is 7.70. The van der Waals surface area contributed by atoms with Crippen molar-refractivity contribution >= 4 is 0 Å². The van der Waals surface area contributed by atoms with Crippen LogP contribution in [0.2, 0.25) is 0 Å². The third kappa shape index (κ3) is 4.73. The van der Waals surface area contributed by atoms with E-state index in [1.54, 1.807) is 0 Å². The van der Waals surface area contributed by atoms with E-state index in [2.05, 4.69) is 13.0 Å². The van der Waals surface area contributed by atoms with Crippen LogP contribution in [-0.4, -0.2) is 6.10 Å². The van der Waals surface area contributed by atoms with Gasteiger partial charge in [-0.2, -0.15) is 0 Å². The van der Waals surface area contributed by atoms with Gasteiger partial charge >= 0.3 is 0 Å². The van der Waals surface area contributed by atoms with Gasteiger partial charge in [0.2, 0.25) is 0 Å². The van der Waals surface area contributed by atoms with Gasteiger partial charge in [-0.05, 0) is 44.1 Å². The molecule has 0 aliphatic carbocycles. The Morgan fingerprint density at radius 2 is 1.71 bits per heavy atom. The molecule has 0 aromatic heterocycles. The maximum Gasteiger partial charge on any atom is 0.0985 e. The maximum absolute atomic E-state index is 6.13. The van der Waals surface area contributed by atoms with Gasteiger partial charge in [-0.3, -0.25) is 0 Å². The van der Waals surface area contributed by atoms with Crippen molar-refractivity contribution in [1.82, 2.24) is 0 Å². The zero-order valence-corrected chi connectivity index (χ0v) is 11.4. The third-order valence-electron chi connectivity index (χ3n) is 4.14. The average molecular weight is 236 g/mol. The minimum Gasteiger partial charge on any atom is -0.495 e. The molecule has 2 rings (SSSR count). The molecule has 0 N–H and O–H groups in total. The summed E-state index contributed by atoms with van der Waals surface area (Å²) < 4.78 is 6.13. The van der Waals surface area contributed by atoms with Gasteiger partial charge in [0, 0.05) is 6.42 Å². The molecule has 1 nitrogen and oxygen atoms in total. The van der Waals surface area contributed by atoms with E-state index < -0.39 is 0 Å². The maximum atomic E-state index is 6.13. The number of hydrogen-bond donors (Lipinski definition) is 0. The van der Waals surface area contributed by atoms with E-state index in [1.165, 1.54) is 76.4 Å². The highest BCUT2D eigenvalue weighted by Crippen LogP contribution is 2.30. The van der Waals surface area contributed by atoms with Crippen LogP contribution in [0.3, 0.4) is 0 Å². The van der Waals surface area contributed by atoms with Gasteiger partial charge in [0.25, 0.3) is 0 Å². The molecule has 2 aliphatic heterocycles. The lowest BCUT2D eigenvalue weighted by Crippen LogP contribution is -2.23. The summed E-state index contributed by atoms with van der Waals surface area (Å²) in [6, 6.07) is 0. The van der Waals surface area contributed by atoms with Crippen LogP contribution in [-0.2, 0) is 4.74 Å². The van der Waals surface area contributed by atoms with E-state index in [-0.39, 0.29) is 0 Å². The molecular formula is C16H28O. The fourth-order valence-corrected chi connectivity index (χ4v) is 3.16. The normalized spacial score (nSPS) is 32.4. The summed E-state index contributed by atoms with van der Waals surface area (Å²) in [6.07, 6.45) is 17.7. The van der Waals surface area contributed by atoms with E-state index in [9.17, 15) is 0 Å². The van der Waals surface area contributed by atoms with Crippen LogP contribution in [0.15, 0.2) is 11.8 Å². The second-order valence-electron chi connectivity index (χ2n) is 6.01. The van der Waals surface area contributed by atoms with Crippen LogP contribution < -0.4 is 0 Å². The first-order chi connectivity index (χ1) is 8.34. The van der Waals surface area contributed by atoms with Gasteiger partial charge in [0.1, 0.15) is 0 Å². The molecule has 1 heteroatoms. The number of fused-ring (bicyclic) bond motifs is 2. The zero-order chi connectivity index (χ0) is 11.9. The molecule has 0 saturated carbocycles. The van der Waals surface area contributed by atoms with Gasteiger partial charge in [-0.15, -0.1) is 0 Å². The fourth-order valence-electron chi connectivity index (χ4n) is 3.16. The van der Waals surface area contributed by atoms with Gasteiger partial charge in [-0.25, -0.2) is 0 Å². The molecule has 0 spiro atoms. The Labute approximate surface area is 107 Å². The lowest BCUT2D eigenvalue weighted by atomic mass is 9.92. The molecule has 0 amide bonds. The summed E-state index contributed by atoms with van der Waals surface area (Å²) in [4.78, 5) is 0. The monoisotopic (exact) mass is 236 g/mol. The first-order valence-corrected chi connectivity index (χ1v) is 7.70. The zero-order valence-electron chi connectivity index (χ0n) is 11.4. The van der Waals surface area contributed by atoms with Crippen LogP contribution in [0.4, 0.5) is 0 Å². The van der Waals surface area contributed by atoms with Crippen LogP contribution in [0.1, 0.15) is 77.6 Å². The molecule has 2 bridgehead atoms. The molecule has 2 heterocycles. The van der Waals surface area contributed by atoms with Crippen molar-refractivity contribution in [3.63, 3.8) is 0 Å². The van der Waals surface area contributed by atoms with Crippen LogP contribution in [0.25, 0.3) is 0 Å². The smallest absolute Gasteiger partial charge is 0.0985 e. The highest BCUT2D eigenvalue weighted by Gasteiger charge is 2.22. The van der Waals surface area contributed by atoms with E-state index >= 15 is 0 Å². The molecule has 2 unspecified atom stereocenters. The predicted octanol–water partition coefficient (Wildman–Crippen LogP) is 5.21. The molecule has 0 radical (unpaired) electrons. The number of ether oxygens (including phenoxy) is 1. The van der Waals surface area contributed by atoms with Crippen molar-refractivity contribution in [1.29, 1.82) is 0 Å². The van der Waals surface area contributed by atoms with Gasteiger partial charge < -0.3 is 4.74 Å². The van der Waals surface area contributed by atoms with Crippen LogP contribution in [0.5, 0.6) is 0 Å². The highest BCUT2D eigenvalue weighted by atomic mass is 16.5. The second-order valence-corrected chi connectivity index (χ2v) is 6.01. The summed E-state index contributed by atoms with van der Waals surface area (Å²) >= 11 is 0. The Hall–Kier alpha value is -0.460. The third-order valence-corrected chi connectivity index (χ3v) is 4.14. The van der Waals surface area contributed by atoms with Crippen molar-refractivity contribution in [2.24, 2.45) is 5.92 Å². The van der Waals surface area contributed by atoms with Gasteiger partial charge in [0.15, 0.2) is 0 Å². The largest absolute Gasteiger partial charge is 0.495 e. The topological polar surface area (TPSA) is 9.23 Å². The fraction of sp³-hybridized carbons (Fsp3) is 0.875. The van der Waals surface area contributed by atoms with Crippen molar-refractivity contribution in [3.8, 4) is 0 Å². The molecule has 0 aromatic rings. The summed E-state index contributed by atoms with van der Waals surface area (Å²) in [5, 5.41) is 0. The highest BCUT2D eigenvalue weighted by molar-refractivity contribution is 4.98. The van der Waals surface area contributed by atoms with Crippen molar-refractivity contribution < 1.29 is 4.74 Å². The van der Waals surface area contributed by atoms with Gasteiger partial charge in [0.05, 0.1) is 11.9 Å². The standard InChI is InChI=1S/C16H28O/c1-14-12-15-10-8-6-4-2-3-5-7-9-11-16(13-14)17-15/h10,14,16H,2-9,11-13H2,1H3. The number of rotatable bonds is 0. The van der Waals surface area contributed by atoms with Crippen molar-refractivity contribution in [2.45, 2.75) is 83.7 Å². The molecular weight excluding hydrogens is 208 g/mol. The Kier molecular flexibility index (Phi) is 5.41. The lowest BCUT2D eigenvalue weighted by Gasteiger charge is -2.30. The van der Waals surface area contributed by atoms with Crippen LogP contribution >= 0.6 is 0 Å². The Balaban J connectivity index is 1.90. The van der Waals surface area contributed by atoms with E-state index in [4.69, 9.17) is 4.74 Å². The number of allylic oxidation sites excluding steroid dienone is 2. The first kappa shape index (κ1) is 13.0. The van der Waals surface area contributed by atoms with Crippen molar-refractivity contribution in [3.05, 3.63) is 11.8 Å². The predicted molar refractivity (Wildman–Crippen MR) is 72.9 cm³/mol. The lowest BCUT2D eigenvalue weighted by molar-refractivity contribution is 0.0426. The molecule has 1 saturated heterocycles. The Bertz CT molecular complexity index is 244. The molecule has 2 aliphatic rings. The van der Waals surface area contributed by atoms with Crippen molar-refractivity contribution in [2.75, 3.05) is 0 Å². The Morgan fingerprint density at radius 3 is 2.53 bits per heavy atom. The van der Waals surface area contributed by atoms with E-state index in [0.717, 1.165) is 5.92 Å². The summed E-state index contributed by atoms with van der Waals surface area (Å²) in [5.41, 5.74) is 0. The minimum absolute atomic E-state index is 0.519. The minimum atomic E-state index is 0.519.